The normalized spacial score (nSPS) is 9.89. The van der Waals surface area contributed by atoms with E-state index in [2.05, 4.69) is 0 Å². The van der Waals surface area contributed by atoms with Gasteiger partial charge in [-0.3, -0.25) is 4.79 Å². The standard InChI is InChI=1S/C13H16O5S/c1-5-18-13(15)11(14)8-6-9(16-2)12(17-3)10(7-8)19-4/h6-7H,5H2,1-4H3. The molecule has 0 saturated carbocycles. The highest BCUT2D eigenvalue weighted by Crippen LogP contribution is 2.37. The molecule has 0 unspecified atom stereocenters. The number of hydrogen-bond donors (Lipinski definition) is 0. The Morgan fingerprint density at radius 2 is 1.89 bits per heavy atom. The maximum absolute atomic E-state index is 11.9. The van der Waals surface area contributed by atoms with Gasteiger partial charge in [0, 0.05) is 5.56 Å². The molecule has 1 aromatic rings. The van der Waals surface area contributed by atoms with Crippen molar-refractivity contribution in [1.82, 2.24) is 0 Å². The average Bonchev–Trinajstić information content (AvgIpc) is 2.44. The van der Waals surface area contributed by atoms with Crippen LogP contribution in [0.4, 0.5) is 0 Å². The molecule has 6 heteroatoms. The Balaban J connectivity index is 3.23. The van der Waals surface area contributed by atoms with Crippen molar-refractivity contribution >= 4 is 23.5 Å². The summed E-state index contributed by atoms with van der Waals surface area (Å²) >= 11 is 1.40. The molecule has 0 aromatic heterocycles. The Labute approximate surface area is 116 Å². The van der Waals surface area contributed by atoms with Gasteiger partial charge in [0.15, 0.2) is 11.5 Å². The Hall–Kier alpha value is -1.69. The van der Waals surface area contributed by atoms with Crippen molar-refractivity contribution in [1.29, 1.82) is 0 Å². The molecule has 0 aliphatic heterocycles. The molecule has 0 aliphatic rings. The highest BCUT2D eigenvalue weighted by Gasteiger charge is 2.21. The van der Waals surface area contributed by atoms with Crippen LogP contribution in [-0.4, -0.2) is 38.8 Å². The van der Waals surface area contributed by atoms with E-state index in [0.29, 0.717) is 11.5 Å². The zero-order chi connectivity index (χ0) is 14.4. The van der Waals surface area contributed by atoms with Gasteiger partial charge in [0.25, 0.3) is 5.78 Å². The van der Waals surface area contributed by atoms with Gasteiger partial charge in [-0.05, 0) is 25.3 Å². The molecule has 0 N–H and O–H groups in total. The fraction of sp³-hybridized carbons (Fsp3) is 0.385. The van der Waals surface area contributed by atoms with Crippen LogP contribution in [0.2, 0.25) is 0 Å². The second kappa shape index (κ2) is 7.04. The number of ether oxygens (including phenoxy) is 3. The third kappa shape index (κ3) is 3.41. The lowest BCUT2D eigenvalue weighted by atomic mass is 10.1. The molecular weight excluding hydrogens is 268 g/mol. The third-order valence-electron chi connectivity index (χ3n) is 2.39. The highest BCUT2D eigenvalue weighted by atomic mass is 32.2. The van der Waals surface area contributed by atoms with Crippen LogP contribution in [0.3, 0.4) is 0 Å². The van der Waals surface area contributed by atoms with Gasteiger partial charge in [-0.25, -0.2) is 4.79 Å². The van der Waals surface area contributed by atoms with Crippen molar-refractivity contribution in [2.24, 2.45) is 0 Å². The van der Waals surface area contributed by atoms with Crippen molar-refractivity contribution < 1.29 is 23.8 Å². The van der Waals surface area contributed by atoms with Crippen LogP contribution in [0.1, 0.15) is 17.3 Å². The third-order valence-corrected chi connectivity index (χ3v) is 3.13. The number of thioether (sulfide) groups is 1. The van der Waals surface area contributed by atoms with Gasteiger partial charge in [-0.15, -0.1) is 11.8 Å². The minimum absolute atomic E-state index is 0.160. The van der Waals surface area contributed by atoms with E-state index in [0.717, 1.165) is 4.90 Å². The van der Waals surface area contributed by atoms with Gasteiger partial charge in [0.2, 0.25) is 0 Å². The summed E-state index contributed by atoms with van der Waals surface area (Å²) in [4.78, 5) is 24.1. The number of esters is 1. The van der Waals surface area contributed by atoms with Gasteiger partial charge in [-0.1, -0.05) is 0 Å². The predicted octanol–water partition coefficient (Wildman–Crippen LogP) is 2.17. The van der Waals surface area contributed by atoms with Crippen molar-refractivity contribution in [3.8, 4) is 11.5 Å². The predicted molar refractivity (Wildman–Crippen MR) is 72.3 cm³/mol. The van der Waals surface area contributed by atoms with Crippen molar-refractivity contribution in [2.75, 3.05) is 27.1 Å². The molecule has 0 aliphatic carbocycles. The average molecular weight is 284 g/mol. The van der Waals surface area contributed by atoms with Gasteiger partial charge in [0.1, 0.15) is 0 Å². The topological polar surface area (TPSA) is 61.8 Å². The van der Waals surface area contributed by atoms with Crippen LogP contribution in [0, 0.1) is 0 Å². The number of hydrogen-bond acceptors (Lipinski definition) is 6. The molecule has 0 heterocycles. The van der Waals surface area contributed by atoms with E-state index in [9.17, 15) is 9.59 Å². The van der Waals surface area contributed by atoms with Gasteiger partial charge in [-0.2, -0.15) is 0 Å². The first kappa shape index (κ1) is 15.4. The zero-order valence-corrected chi connectivity index (χ0v) is 12.1. The second-order valence-electron chi connectivity index (χ2n) is 3.46. The Morgan fingerprint density at radius 1 is 1.21 bits per heavy atom. The quantitative estimate of drug-likeness (QED) is 0.345. The second-order valence-corrected chi connectivity index (χ2v) is 4.31. The molecule has 0 saturated heterocycles. The monoisotopic (exact) mass is 284 g/mol. The molecule has 0 spiro atoms. The molecule has 1 rings (SSSR count). The molecular formula is C13H16O5S. The maximum atomic E-state index is 11.9. The highest BCUT2D eigenvalue weighted by molar-refractivity contribution is 7.98. The number of rotatable bonds is 6. The molecule has 1 aromatic carbocycles. The number of methoxy groups -OCH3 is 2. The first-order valence-corrected chi connectivity index (χ1v) is 6.82. The summed E-state index contributed by atoms with van der Waals surface area (Å²) in [5.41, 5.74) is 0.223. The first-order chi connectivity index (χ1) is 9.08. The van der Waals surface area contributed by atoms with Gasteiger partial charge < -0.3 is 14.2 Å². The van der Waals surface area contributed by atoms with E-state index in [4.69, 9.17) is 14.2 Å². The van der Waals surface area contributed by atoms with Gasteiger partial charge >= 0.3 is 5.97 Å². The van der Waals surface area contributed by atoms with Crippen LogP contribution in [0.5, 0.6) is 11.5 Å². The van der Waals surface area contributed by atoms with Crippen LogP contribution in [-0.2, 0) is 9.53 Å². The first-order valence-electron chi connectivity index (χ1n) is 5.60. The summed E-state index contributed by atoms with van der Waals surface area (Å²) in [5, 5.41) is 0. The smallest absolute Gasteiger partial charge is 0.379 e. The Bertz CT molecular complexity index is 459. The fourth-order valence-corrected chi connectivity index (χ4v) is 2.14. The largest absolute Gasteiger partial charge is 0.493 e. The van der Waals surface area contributed by atoms with Crippen LogP contribution in [0.15, 0.2) is 17.0 Å². The summed E-state index contributed by atoms with van der Waals surface area (Å²) < 4.78 is 15.1. The minimum Gasteiger partial charge on any atom is -0.493 e. The van der Waals surface area contributed by atoms with Crippen LogP contribution in [0.25, 0.3) is 0 Å². The molecule has 19 heavy (non-hydrogen) atoms. The number of carbonyl (C=O) groups excluding carboxylic acids is 2. The summed E-state index contributed by atoms with van der Waals surface area (Å²) in [6.45, 7) is 1.81. The van der Waals surface area contributed by atoms with Crippen LogP contribution >= 0.6 is 11.8 Å². The van der Waals surface area contributed by atoms with Crippen LogP contribution < -0.4 is 9.47 Å². The van der Waals surface area contributed by atoms with E-state index >= 15 is 0 Å². The lowest BCUT2D eigenvalue weighted by Gasteiger charge is -2.13. The lowest BCUT2D eigenvalue weighted by Crippen LogP contribution is -2.17. The van der Waals surface area contributed by atoms with E-state index in [-0.39, 0.29) is 12.2 Å². The molecule has 0 radical (unpaired) electrons. The number of Topliss-reactive ketones (excluding diaryl/α,β-unsaturated/α-hetero) is 1. The molecule has 0 atom stereocenters. The summed E-state index contributed by atoms with van der Waals surface area (Å²) in [5.74, 6) is -0.628. The van der Waals surface area contributed by atoms with E-state index in [1.54, 1.807) is 13.0 Å². The van der Waals surface area contributed by atoms with Crippen molar-refractivity contribution in [3.05, 3.63) is 17.7 Å². The SMILES string of the molecule is CCOC(=O)C(=O)c1cc(OC)c(OC)c(SC)c1. The molecule has 104 valence electrons. The zero-order valence-electron chi connectivity index (χ0n) is 11.3. The lowest BCUT2D eigenvalue weighted by molar-refractivity contribution is -0.137. The summed E-state index contributed by atoms with van der Waals surface area (Å²) in [6.07, 6.45) is 1.84. The van der Waals surface area contributed by atoms with E-state index < -0.39 is 11.8 Å². The fourth-order valence-electron chi connectivity index (χ4n) is 1.53. The van der Waals surface area contributed by atoms with E-state index in [1.165, 1.54) is 32.0 Å². The van der Waals surface area contributed by atoms with Gasteiger partial charge in [0.05, 0.1) is 25.7 Å². The summed E-state index contributed by atoms with van der Waals surface area (Å²) in [7, 11) is 2.99. The minimum atomic E-state index is -0.873. The Kier molecular flexibility index (Phi) is 5.69. The molecule has 0 amide bonds. The van der Waals surface area contributed by atoms with Crippen molar-refractivity contribution in [3.63, 3.8) is 0 Å². The van der Waals surface area contributed by atoms with E-state index in [1.807, 2.05) is 6.26 Å². The number of ketones is 1. The summed E-state index contributed by atoms with van der Waals surface area (Å²) in [6, 6.07) is 3.06. The number of carbonyl (C=O) groups is 2. The Morgan fingerprint density at radius 3 is 2.37 bits per heavy atom. The molecule has 0 bridgehead atoms. The van der Waals surface area contributed by atoms with Crippen molar-refractivity contribution in [2.45, 2.75) is 11.8 Å². The molecule has 0 fully saturated rings. The number of benzene rings is 1. The maximum Gasteiger partial charge on any atom is 0.379 e. The molecule has 5 nitrogen and oxygen atoms in total.